The molecule has 1 aliphatic rings. The van der Waals surface area contributed by atoms with E-state index >= 15 is 0 Å². The third kappa shape index (κ3) is 3.00. The molecule has 0 aliphatic carbocycles. The van der Waals surface area contributed by atoms with Crippen LogP contribution >= 0.6 is 0 Å². The molecule has 0 spiro atoms. The third-order valence-electron chi connectivity index (χ3n) is 4.14. The molecule has 0 saturated heterocycles. The smallest absolute Gasteiger partial charge is 0.131 e. The van der Waals surface area contributed by atoms with Crippen molar-refractivity contribution in [3.63, 3.8) is 0 Å². The van der Waals surface area contributed by atoms with Gasteiger partial charge in [-0.25, -0.2) is 9.97 Å². The molecule has 2 aromatic heterocycles. The molecular formula is C17H23N3O. The number of nitrogens with zero attached hydrogens (tertiary/aromatic N) is 3. The van der Waals surface area contributed by atoms with Crippen LogP contribution in [-0.4, -0.2) is 21.4 Å². The van der Waals surface area contributed by atoms with Gasteiger partial charge in [0.05, 0.1) is 6.54 Å². The predicted octanol–water partition coefficient (Wildman–Crippen LogP) is 3.37. The van der Waals surface area contributed by atoms with Gasteiger partial charge in [0, 0.05) is 42.9 Å². The van der Waals surface area contributed by atoms with E-state index in [1.807, 2.05) is 13.1 Å². The highest BCUT2D eigenvalue weighted by atomic mass is 16.3. The summed E-state index contributed by atoms with van der Waals surface area (Å²) in [4.78, 5) is 11.6. The summed E-state index contributed by atoms with van der Waals surface area (Å²) in [5.74, 6) is 3.42. The largest absolute Gasteiger partial charge is 0.465 e. The molecule has 0 unspecified atom stereocenters. The van der Waals surface area contributed by atoms with Crippen molar-refractivity contribution in [1.29, 1.82) is 0 Å². The van der Waals surface area contributed by atoms with Crippen LogP contribution in [0.2, 0.25) is 0 Å². The van der Waals surface area contributed by atoms with Gasteiger partial charge in [0.15, 0.2) is 0 Å². The maximum atomic E-state index is 5.78. The van der Waals surface area contributed by atoms with E-state index in [1.54, 1.807) is 0 Å². The second kappa shape index (κ2) is 5.60. The lowest BCUT2D eigenvalue weighted by atomic mass is 10.1. The Balaban J connectivity index is 1.72. The maximum absolute atomic E-state index is 5.78. The van der Waals surface area contributed by atoms with Crippen LogP contribution in [0.4, 0.5) is 0 Å². The summed E-state index contributed by atoms with van der Waals surface area (Å²) < 4.78 is 5.78. The van der Waals surface area contributed by atoms with Crippen molar-refractivity contribution in [2.24, 2.45) is 0 Å². The Kier molecular flexibility index (Phi) is 3.81. The topological polar surface area (TPSA) is 42.2 Å². The Hall–Kier alpha value is -1.68. The number of rotatable bonds is 3. The van der Waals surface area contributed by atoms with Crippen LogP contribution in [0, 0.1) is 13.8 Å². The van der Waals surface area contributed by atoms with Crippen LogP contribution in [0.25, 0.3) is 0 Å². The standard InChI is InChI=1S/C17H23N3O/c1-11(2)17-18-8-14-9-20(6-5-16(14)19-17)10-15-7-12(3)13(4)21-15/h7-8,11H,5-6,9-10H2,1-4H3. The van der Waals surface area contributed by atoms with Gasteiger partial charge in [-0.05, 0) is 25.5 Å². The van der Waals surface area contributed by atoms with E-state index in [9.17, 15) is 0 Å². The molecule has 0 amide bonds. The van der Waals surface area contributed by atoms with E-state index in [0.29, 0.717) is 5.92 Å². The predicted molar refractivity (Wildman–Crippen MR) is 82.1 cm³/mol. The number of furan rings is 1. The molecule has 2 aromatic rings. The van der Waals surface area contributed by atoms with Crippen LogP contribution < -0.4 is 0 Å². The van der Waals surface area contributed by atoms with Gasteiger partial charge in [0.1, 0.15) is 17.3 Å². The number of aryl methyl sites for hydroxylation is 2. The molecule has 3 rings (SSSR count). The van der Waals surface area contributed by atoms with E-state index in [-0.39, 0.29) is 0 Å². The maximum Gasteiger partial charge on any atom is 0.131 e. The first-order valence-electron chi connectivity index (χ1n) is 7.66. The van der Waals surface area contributed by atoms with Crippen molar-refractivity contribution in [3.8, 4) is 0 Å². The molecule has 0 radical (unpaired) electrons. The zero-order valence-corrected chi connectivity index (χ0v) is 13.3. The lowest BCUT2D eigenvalue weighted by Gasteiger charge is -2.27. The quantitative estimate of drug-likeness (QED) is 0.867. The van der Waals surface area contributed by atoms with Crippen LogP contribution in [-0.2, 0) is 19.5 Å². The first kappa shape index (κ1) is 14.3. The molecular weight excluding hydrogens is 262 g/mol. The molecule has 1 aliphatic heterocycles. The fourth-order valence-electron chi connectivity index (χ4n) is 2.75. The highest BCUT2D eigenvalue weighted by Crippen LogP contribution is 2.22. The minimum atomic E-state index is 0.391. The molecule has 0 atom stereocenters. The molecule has 0 N–H and O–H groups in total. The van der Waals surface area contributed by atoms with Crippen molar-refractivity contribution in [3.05, 3.63) is 46.4 Å². The van der Waals surface area contributed by atoms with E-state index in [1.165, 1.54) is 16.8 Å². The average Bonchev–Trinajstić information content (AvgIpc) is 2.76. The normalized spacial score (nSPS) is 15.5. The van der Waals surface area contributed by atoms with E-state index < -0.39 is 0 Å². The van der Waals surface area contributed by atoms with Crippen LogP contribution in [0.5, 0.6) is 0 Å². The van der Waals surface area contributed by atoms with Gasteiger partial charge in [-0.3, -0.25) is 4.90 Å². The van der Waals surface area contributed by atoms with Gasteiger partial charge in [-0.1, -0.05) is 13.8 Å². The minimum absolute atomic E-state index is 0.391. The molecule has 3 heterocycles. The van der Waals surface area contributed by atoms with Gasteiger partial charge < -0.3 is 4.42 Å². The SMILES string of the molecule is Cc1cc(CN2CCc3nc(C(C)C)ncc3C2)oc1C. The highest BCUT2D eigenvalue weighted by molar-refractivity contribution is 5.22. The zero-order chi connectivity index (χ0) is 15.0. The summed E-state index contributed by atoms with van der Waals surface area (Å²) >= 11 is 0. The van der Waals surface area contributed by atoms with Gasteiger partial charge in [0.2, 0.25) is 0 Å². The van der Waals surface area contributed by atoms with Crippen LogP contribution in [0.15, 0.2) is 16.7 Å². The fourth-order valence-corrected chi connectivity index (χ4v) is 2.75. The lowest BCUT2D eigenvalue weighted by Crippen LogP contribution is -2.31. The van der Waals surface area contributed by atoms with Crippen molar-refractivity contribution < 1.29 is 4.42 Å². The fraction of sp³-hybridized carbons (Fsp3) is 0.529. The summed E-state index contributed by atoms with van der Waals surface area (Å²) in [6, 6.07) is 2.14. The molecule has 4 heteroatoms. The number of hydrogen-bond donors (Lipinski definition) is 0. The molecule has 0 bridgehead atoms. The minimum Gasteiger partial charge on any atom is -0.465 e. The third-order valence-corrected chi connectivity index (χ3v) is 4.14. The molecule has 0 saturated carbocycles. The van der Waals surface area contributed by atoms with Crippen molar-refractivity contribution >= 4 is 0 Å². The summed E-state index contributed by atoms with van der Waals surface area (Å²) in [5.41, 5.74) is 3.70. The first-order valence-corrected chi connectivity index (χ1v) is 7.66. The van der Waals surface area contributed by atoms with E-state index in [2.05, 4.69) is 36.7 Å². The molecule has 0 aromatic carbocycles. The number of aromatic nitrogens is 2. The molecule has 21 heavy (non-hydrogen) atoms. The van der Waals surface area contributed by atoms with Gasteiger partial charge in [-0.2, -0.15) is 0 Å². The zero-order valence-electron chi connectivity index (χ0n) is 13.3. The van der Waals surface area contributed by atoms with Crippen molar-refractivity contribution in [2.45, 2.75) is 53.1 Å². The summed E-state index contributed by atoms with van der Waals surface area (Å²) in [5, 5.41) is 0. The second-order valence-corrected chi connectivity index (χ2v) is 6.27. The molecule has 0 fully saturated rings. The Bertz CT molecular complexity index is 626. The Morgan fingerprint density at radius 2 is 2.14 bits per heavy atom. The summed E-state index contributed by atoms with van der Waals surface area (Å²) in [6.07, 6.45) is 3.00. The number of hydrogen-bond acceptors (Lipinski definition) is 4. The Morgan fingerprint density at radius 1 is 1.33 bits per heavy atom. The van der Waals surface area contributed by atoms with Crippen molar-refractivity contribution in [2.75, 3.05) is 6.54 Å². The highest BCUT2D eigenvalue weighted by Gasteiger charge is 2.20. The van der Waals surface area contributed by atoms with Gasteiger partial charge in [-0.15, -0.1) is 0 Å². The number of fused-ring (bicyclic) bond motifs is 1. The van der Waals surface area contributed by atoms with E-state index in [0.717, 1.165) is 43.4 Å². The Labute approximate surface area is 126 Å². The molecule has 4 nitrogen and oxygen atoms in total. The second-order valence-electron chi connectivity index (χ2n) is 6.27. The average molecular weight is 285 g/mol. The summed E-state index contributed by atoms with van der Waals surface area (Å²) in [6.45, 7) is 11.2. The summed E-state index contributed by atoms with van der Waals surface area (Å²) in [7, 11) is 0. The van der Waals surface area contributed by atoms with E-state index in [4.69, 9.17) is 9.40 Å². The first-order chi connectivity index (χ1) is 10.0. The van der Waals surface area contributed by atoms with Gasteiger partial charge in [0.25, 0.3) is 0 Å². The monoisotopic (exact) mass is 285 g/mol. The van der Waals surface area contributed by atoms with Crippen molar-refractivity contribution in [1.82, 2.24) is 14.9 Å². The lowest BCUT2D eigenvalue weighted by molar-refractivity contribution is 0.222. The van der Waals surface area contributed by atoms with Crippen LogP contribution in [0.1, 0.15) is 53.9 Å². The Morgan fingerprint density at radius 3 is 2.81 bits per heavy atom. The van der Waals surface area contributed by atoms with Crippen LogP contribution in [0.3, 0.4) is 0 Å². The molecule has 112 valence electrons. The van der Waals surface area contributed by atoms with Gasteiger partial charge >= 0.3 is 0 Å².